The summed E-state index contributed by atoms with van der Waals surface area (Å²) >= 11 is 1.61. The Hall–Kier alpha value is -4.00. The van der Waals surface area contributed by atoms with Gasteiger partial charge in [0.15, 0.2) is 5.43 Å². The fourth-order valence-corrected chi connectivity index (χ4v) is 7.04. The number of thiazole rings is 1. The minimum absolute atomic E-state index is 0.0811. The van der Waals surface area contributed by atoms with E-state index in [4.69, 9.17) is 9.84 Å². The number of likely N-dealkylation sites (tertiary alicyclic amines) is 1. The van der Waals surface area contributed by atoms with Gasteiger partial charge in [0, 0.05) is 36.3 Å². The summed E-state index contributed by atoms with van der Waals surface area (Å²) in [5.74, 6) is -0.408. The van der Waals surface area contributed by atoms with Crippen molar-refractivity contribution < 1.29 is 29.0 Å². The van der Waals surface area contributed by atoms with E-state index in [2.05, 4.69) is 58.9 Å². The van der Waals surface area contributed by atoms with Gasteiger partial charge in [0.2, 0.25) is 11.8 Å². The predicted molar refractivity (Wildman–Crippen MR) is 204 cm³/mol. The van der Waals surface area contributed by atoms with Crippen molar-refractivity contribution in [3.63, 3.8) is 0 Å². The number of nitrogens with zero attached hydrogens (tertiary/aromatic N) is 2. The number of carbonyl (C=O) groups excluding carboxylic acids is 3. The molecule has 3 unspecified atom stereocenters. The summed E-state index contributed by atoms with van der Waals surface area (Å²) in [6.45, 7) is 12.1. The number of alkyl carbamates (subject to hydrolysis) is 1. The number of pyridine rings is 1. The van der Waals surface area contributed by atoms with Crippen LogP contribution in [0.2, 0.25) is 0 Å². The number of carbonyl (C=O) groups is 4. The molecule has 12 nitrogen and oxygen atoms in total. The fraction of sp³-hybridized carbons (Fsp3) is 0.641. The van der Waals surface area contributed by atoms with Crippen LogP contribution in [0.25, 0.3) is 10.7 Å². The molecule has 3 heterocycles. The van der Waals surface area contributed by atoms with E-state index in [0.29, 0.717) is 24.8 Å². The number of aryl methyl sites for hydroxylation is 1. The Balaban J connectivity index is 0.000000215. The third-order valence-corrected chi connectivity index (χ3v) is 9.98. The highest BCUT2D eigenvalue weighted by molar-refractivity contribution is 7.13. The first-order valence-electron chi connectivity index (χ1n) is 18.7. The van der Waals surface area contributed by atoms with Crippen LogP contribution in [0.5, 0.6) is 0 Å². The van der Waals surface area contributed by atoms with Crippen molar-refractivity contribution in [1.29, 1.82) is 0 Å². The van der Waals surface area contributed by atoms with Gasteiger partial charge in [0.25, 0.3) is 0 Å². The van der Waals surface area contributed by atoms with Gasteiger partial charge in [-0.1, -0.05) is 45.8 Å². The molecule has 13 heteroatoms. The SMILES string of the molecule is CC(C)c1csc(-c2cc(=O)c3c([nH]2)CCCC3)n1.CCCCC/C=C\C1CC1C(=O)O.CNC(=O)C1CCCN1C(=O)CNC(=O)OC(C)(C)C. The standard InChI is InChI=1S/C15H18N2OS.C13H23N3O4.C11H18O2/c1-9(2)13-8-19-15(17-13)12-7-14(18)10-5-3-4-6-11(10)16-12;1-13(2,3)20-12(19)15-8-10(17)16-7-5-6-9(16)11(18)14-4;1-2-3-4-5-6-7-9-8-10(9)11(12)13/h7-9H,3-6H2,1-2H3,(H,16,18);9H,5-8H2,1-4H3,(H,14,18)(H,15,19);6-7,9-10H,2-5,8H2,1H3,(H,12,13)/b;;7-6-. The van der Waals surface area contributed by atoms with Crippen molar-refractivity contribution in [3.05, 3.63) is 50.8 Å². The highest BCUT2D eigenvalue weighted by atomic mass is 32.1. The molecule has 3 amide bonds. The second-order valence-corrected chi connectivity index (χ2v) is 15.8. The lowest BCUT2D eigenvalue weighted by atomic mass is 9.95. The number of hydrogen-bond donors (Lipinski definition) is 4. The molecule has 4 N–H and O–H groups in total. The van der Waals surface area contributed by atoms with Crippen LogP contribution in [-0.4, -0.2) is 75.6 Å². The number of H-pyrrole nitrogens is 1. The molecule has 2 aliphatic carbocycles. The number of allylic oxidation sites excluding steroid dienone is 2. The fourth-order valence-electron chi connectivity index (χ4n) is 6.08. The zero-order chi connectivity index (χ0) is 38.4. The lowest BCUT2D eigenvalue weighted by Crippen LogP contribution is -2.48. The van der Waals surface area contributed by atoms with E-state index in [-0.39, 0.29) is 29.7 Å². The molecular weight excluding hydrogens is 683 g/mol. The summed E-state index contributed by atoms with van der Waals surface area (Å²) in [7, 11) is 1.54. The number of ether oxygens (including phenoxy) is 1. The third-order valence-electron chi connectivity index (χ3n) is 9.09. The van der Waals surface area contributed by atoms with E-state index < -0.39 is 23.7 Å². The summed E-state index contributed by atoms with van der Waals surface area (Å²) in [4.78, 5) is 67.3. The molecule has 0 aromatic carbocycles. The van der Waals surface area contributed by atoms with Gasteiger partial charge in [0.1, 0.15) is 23.2 Å². The summed E-state index contributed by atoms with van der Waals surface area (Å²) in [5, 5.41) is 16.6. The van der Waals surface area contributed by atoms with Gasteiger partial charge in [-0.15, -0.1) is 11.3 Å². The van der Waals surface area contributed by atoms with Gasteiger partial charge in [-0.2, -0.15) is 0 Å². The van der Waals surface area contributed by atoms with Crippen LogP contribution in [-0.2, 0) is 32.0 Å². The number of fused-ring (bicyclic) bond motifs is 1. The number of unbranched alkanes of at least 4 members (excludes halogenated alkanes) is 3. The first kappa shape index (κ1) is 42.4. The number of aromatic amines is 1. The molecule has 5 rings (SSSR count). The number of likely N-dealkylation sites (N-methyl/N-ethyl adjacent to an activating group) is 1. The van der Waals surface area contributed by atoms with E-state index in [1.165, 1.54) is 30.6 Å². The average molecular weight is 742 g/mol. The average Bonchev–Trinajstić information content (AvgIpc) is 3.45. The number of carboxylic acid groups (broad SMARTS) is 1. The van der Waals surface area contributed by atoms with E-state index in [9.17, 15) is 24.0 Å². The molecular formula is C39H59N5O7S. The topological polar surface area (TPSA) is 171 Å². The summed E-state index contributed by atoms with van der Waals surface area (Å²) in [6.07, 6.45) is 14.9. The maximum absolute atomic E-state index is 12.2. The summed E-state index contributed by atoms with van der Waals surface area (Å²) < 4.78 is 5.05. The van der Waals surface area contributed by atoms with Crippen LogP contribution < -0.4 is 16.1 Å². The molecule has 1 aliphatic heterocycles. The van der Waals surface area contributed by atoms with Crippen LogP contribution in [0.3, 0.4) is 0 Å². The molecule has 1 saturated heterocycles. The summed E-state index contributed by atoms with van der Waals surface area (Å²) in [5.41, 5.74) is 3.64. The lowest BCUT2D eigenvalue weighted by Gasteiger charge is -2.24. The van der Waals surface area contributed by atoms with Crippen LogP contribution in [0.4, 0.5) is 4.79 Å². The zero-order valence-corrected chi connectivity index (χ0v) is 32.8. The van der Waals surface area contributed by atoms with Gasteiger partial charge in [-0.3, -0.25) is 19.2 Å². The maximum atomic E-state index is 12.2. The second-order valence-electron chi connectivity index (χ2n) is 14.9. The minimum atomic E-state index is -0.637. The van der Waals surface area contributed by atoms with Gasteiger partial charge < -0.3 is 30.4 Å². The van der Waals surface area contributed by atoms with Crippen molar-refractivity contribution in [2.45, 2.75) is 130 Å². The zero-order valence-electron chi connectivity index (χ0n) is 32.0. The Kier molecular flexibility index (Phi) is 16.6. The molecule has 2 aromatic rings. The van der Waals surface area contributed by atoms with Crippen molar-refractivity contribution in [1.82, 2.24) is 25.5 Å². The van der Waals surface area contributed by atoms with Crippen LogP contribution in [0, 0.1) is 11.8 Å². The van der Waals surface area contributed by atoms with E-state index >= 15 is 0 Å². The van der Waals surface area contributed by atoms with Crippen molar-refractivity contribution >= 4 is 35.2 Å². The molecule has 52 heavy (non-hydrogen) atoms. The number of aliphatic carboxylic acids is 1. The van der Waals surface area contributed by atoms with Crippen molar-refractivity contribution in [3.8, 4) is 10.7 Å². The molecule has 3 atom stereocenters. The highest BCUT2D eigenvalue weighted by Gasteiger charge is 2.41. The number of nitrogens with one attached hydrogen (secondary N) is 3. The van der Waals surface area contributed by atoms with Crippen LogP contribution in [0.15, 0.2) is 28.4 Å². The smallest absolute Gasteiger partial charge is 0.408 e. The number of rotatable bonds is 11. The molecule has 2 aromatic heterocycles. The monoisotopic (exact) mass is 741 g/mol. The van der Waals surface area contributed by atoms with E-state index in [0.717, 1.165) is 66.2 Å². The van der Waals surface area contributed by atoms with Crippen molar-refractivity contribution in [2.75, 3.05) is 20.1 Å². The number of hydrogen-bond acceptors (Lipinski definition) is 8. The van der Waals surface area contributed by atoms with E-state index in [1.54, 1.807) is 45.2 Å². The largest absolute Gasteiger partial charge is 0.481 e. The normalized spacial score (nSPS) is 19.2. The third kappa shape index (κ3) is 13.5. The summed E-state index contributed by atoms with van der Waals surface area (Å²) in [6, 6.07) is 1.28. The first-order valence-corrected chi connectivity index (χ1v) is 19.6. The Morgan fingerprint density at radius 2 is 1.88 bits per heavy atom. The van der Waals surface area contributed by atoms with Gasteiger partial charge in [0.05, 0.1) is 17.3 Å². The van der Waals surface area contributed by atoms with E-state index in [1.807, 2.05) is 0 Å². The van der Waals surface area contributed by atoms with Gasteiger partial charge >= 0.3 is 12.1 Å². The Morgan fingerprint density at radius 1 is 1.15 bits per heavy atom. The predicted octanol–water partition coefficient (Wildman–Crippen LogP) is 6.59. The second kappa shape index (κ2) is 20.3. The Bertz CT molecular complexity index is 1590. The number of amides is 3. The maximum Gasteiger partial charge on any atom is 0.408 e. The van der Waals surface area contributed by atoms with Crippen LogP contribution in [0.1, 0.15) is 122 Å². The number of carboxylic acids is 1. The van der Waals surface area contributed by atoms with Gasteiger partial charge in [-0.25, -0.2) is 9.78 Å². The molecule has 0 spiro atoms. The molecule has 0 radical (unpaired) electrons. The van der Waals surface area contributed by atoms with Crippen molar-refractivity contribution in [2.24, 2.45) is 11.8 Å². The molecule has 2 fully saturated rings. The molecule has 1 saturated carbocycles. The lowest BCUT2D eigenvalue weighted by molar-refractivity contribution is -0.138. The molecule has 0 bridgehead atoms. The number of aromatic nitrogens is 2. The quantitative estimate of drug-likeness (QED) is 0.148. The molecule has 3 aliphatic rings. The minimum Gasteiger partial charge on any atom is -0.481 e. The molecule has 288 valence electrons. The van der Waals surface area contributed by atoms with Crippen LogP contribution >= 0.6 is 11.3 Å². The van der Waals surface area contributed by atoms with Gasteiger partial charge in [-0.05, 0) is 90.4 Å². The first-order chi connectivity index (χ1) is 24.6. The highest BCUT2D eigenvalue weighted by Crippen LogP contribution is 2.39. The Labute approximate surface area is 312 Å². The Morgan fingerprint density at radius 3 is 2.50 bits per heavy atom.